The Kier molecular flexibility index (Phi) is 2.40. The van der Waals surface area contributed by atoms with E-state index in [9.17, 15) is 0 Å². The third-order valence-electron chi connectivity index (χ3n) is 3.85. The molecule has 0 aromatic carbocycles. The third-order valence-corrected chi connectivity index (χ3v) is 3.85. The number of fused-ring (bicyclic) bond motifs is 2. The van der Waals surface area contributed by atoms with Gasteiger partial charge in [-0.15, -0.1) is 0 Å². The molecule has 1 nitrogen and oxygen atoms in total. The summed E-state index contributed by atoms with van der Waals surface area (Å²) in [5.41, 5.74) is 0. The van der Waals surface area contributed by atoms with Gasteiger partial charge >= 0.3 is 0 Å². The molecule has 0 amide bonds. The van der Waals surface area contributed by atoms with E-state index in [0.717, 1.165) is 17.9 Å². The largest absolute Gasteiger partial charge is 0.300 e. The lowest BCUT2D eigenvalue weighted by Gasteiger charge is -2.35. The van der Waals surface area contributed by atoms with Crippen molar-refractivity contribution in [3.63, 3.8) is 0 Å². The first-order valence-electron chi connectivity index (χ1n) is 5.53. The van der Waals surface area contributed by atoms with Gasteiger partial charge in [-0.1, -0.05) is 6.92 Å². The van der Waals surface area contributed by atoms with E-state index in [2.05, 4.69) is 18.7 Å². The molecule has 2 fully saturated rings. The zero-order valence-corrected chi connectivity index (χ0v) is 8.42. The maximum absolute atomic E-state index is 2.71. The lowest BCUT2D eigenvalue weighted by atomic mass is 9.97. The molecule has 2 aliphatic rings. The standard InChI is InChI=1S/C11H21N/c1-3-9(2)12-7-10-4-5-11(6-10)8-12/h9-11H,3-8H2,1-2H3. The summed E-state index contributed by atoms with van der Waals surface area (Å²) in [7, 11) is 0. The average Bonchev–Trinajstić information content (AvgIpc) is 2.44. The summed E-state index contributed by atoms with van der Waals surface area (Å²) in [6.07, 6.45) is 5.88. The highest BCUT2D eigenvalue weighted by molar-refractivity contribution is 4.87. The predicted octanol–water partition coefficient (Wildman–Crippen LogP) is 2.52. The van der Waals surface area contributed by atoms with Crippen LogP contribution in [0.4, 0.5) is 0 Å². The van der Waals surface area contributed by atoms with Crippen LogP contribution in [0.25, 0.3) is 0 Å². The molecule has 2 bridgehead atoms. The molecule has 2 rings (SSSR count). The molecular weight excluding hydrogens is 146 g/mol. The highest BCUT2D eigenvalue weighted by Gasteiger charge is 2.33. The van der Waals surface area contributed by atoms with E-state index in [1.807, 2.05) is 0 Å². The van der Waals surface area contributed by atoms with Crippen LogP contribution in [0.1, 0.15) is 39.5 Å². The summed E-state index contributed by atoms with van der Waals surface area (Å²) in [5.74, 6) is 2.11. The lowest BCUT2D eigenvalue weighted by Crippen LogP contribution is -2.41. The summed E-state index contributed by atoms with van der Waals surface area (Å²) in [6, 6.07) is 0.827. The van der Waals surface area contributed by atoms with E-state index in [4.69, 9.17) is 0 Å². The first-order valence-corrected chi connectivity index (χ1v) is 5.53. The fraction of sp³-hybridized carbons (Fsp3) is 1.00. The van der Waals surface area contributed by atoms with Crippen molar-refractivity contribution in [1.29, 1.82) is 0 Å². The quantitative estimate of drug-likeness (QED) is 0.611. The van der Waals surface area contributed by atoms with Crippen LogP contribution >= 0.6 is 0 Å². The van der Waals surface area contributed by atoms with Crippen LogP contribution in [0, 0.1) is 11.8 Å². The molecule has 0 spiro atoms. The molecule has 1 heterocycles. The van der Waals surface area contributed by atoms with Gasteiger partial charge in [-0.05, 0) is 44.4 Å². The monoisotopic (exact) mass is 167 g/mol. The van der Waals surface area contributed by atoms with Gasteiger partial charge in [0.05, 0.1) is 0 Å². The van der Waals surface area contributed by atoms with Gasteiger partial charge in [0.15, 0.2) is 0 Å². The molecule has 0 aromatic heterocycles. The molecule has 12 heavy (non-hydrogen) atoms. The van der Waals surface area contributed by atoms with Crippen molar-refractivity contribution in [3.8, 4) is 0 Å². The van der Waals surface area contributed by atoms with Crippen LogP contribution in [0.2, 0.25) is 0 Å². The second kappa shape index (κ2) is 3.37. The van der Waals surface area contributed by atoms with Gasteiger partial charge in [0.25, 0.3) is 0 Å². The average molecular weight is 167 g/mol. The maximum atomic E-state index is 2.71. The summed E-state index contributed by atoms with van der Waals surface area (Å²) in [6.45, 7) is 7.48. The minimum absolute atomic E-state index is 0.827. The Labute approximate surface area is 76.1 Å². The number of likely N-dealkylation sites (tertiary alicyclic amines) is 1. The molecule has 1 aliphatic carbocycles. The maximum Gasteiger partial charge on any atom is 0.00645 e. The van der Waals surface area contributed by atoms with Crippen LogP contribution in [0.15, 0.2) is 0 Å². The minimum atomic E-state index is 0.827. The van der Waals surface area contributed by atoms with Crippen molar-refractivity contribution in [2.45, 2.75) is 45.6 Å². The fourth-order valence-electron chi connectivity index (χ4n) is 2.87. The number of piperidine rings is 1. The first-order chi connectivity index (χ1) is 5.79. The second-order valence-corrected chi connectivity index (χ2v) is 4.76. The Morgan fingerprint density at radius 2 is 1.83 bits per heavy atom. The Balaban J connectivity index is 1.93. The summed E-state index contributed by atoms with van der Waals surface area (Å²) in [5, 5.41) is 0. The Morgan fingerprint density at radius 3 is 2.33 bits per heavy atom. The van der Waals surface area contributed by atoms with Crippen LogP contribution < -0.4 is 0 Å². The third kappa shape index (κ3) is 1.52. The molecule has 3 unspecified atom stereocenters. The number of hydrogen-bond donors (Lipinski definition) is 0. The van der Waals surface area contributed by atoms with Crippen molar-refractivity contribution in [3.05, 3.63) is 0 Å². The van der Waals surface area contributed by atoms with Crippen molar-refractivity contribution >= 4 is 0 Å². The van der Waals surface area contributed by atoms with Gasteiger partial charge in [-0.2, -0.15) is 0 Å². The van der Waals surface area contributed by atoms with E-state index in [1.54, 1.807) is 0 Å². The number of nitrogens with zero attached hydrogens (tertiary/aromatic N) is 1. The van der Waals surface area contributed by atoms with Gasteiger partial charge < -0.3 is 4.90 Å². The van der Waals surface area contributed by atoms with Crippen molar-refractivity contribution in [1.82, 2.24) is 4.90 Å². The fourth-order valence-corrected chi connectivity index (χ4v) is 2.87. The summed E-state index contributed by atoms with van der Waals surface area (Å²) in [4.78, 5) is 2.71. The lowest BCUT2D eigenvalue weighted by molar-refractivity contribution is 0.122. The molecular formula is C11H21N. The van der Waals surface area contributed by atoms with E-state index in [-0.39, 0.29) is 0 Å². The molecule has 0 radical (unpaired) electrons. The first kappa shape index (κ1) is 8.55. The van der Waals surface area contributed by atoms with E-state index in [1.165, 1.54) is 38.8 Å². The van der Waals surface area contributed by atoms with Crippen LogP contribution in [0.3, 0.4) is 0 Å². The van der Waals surface area contributed by atoms with Crippen molar-refractivity contribution in [2.75, 3.05) is 13.1 Å². The van der Waals surface area contributed by atoms with E-state index in [0.29, 0.717) is 0 Å². The molecule has 1 saturated heterocycles. The zero-order chi connectivity index (χ0) is 8.55. The topological polar surface area (TPSA) is 3.24 Å². The molecule has 1 heteroatoms. The zero-order valence-electron chi connectivity index (χ0n) is 8.42. The van der Waals surface area contributed by atoms with E-state index < -0.39 is 0 Å². The summed E-state index contributed by atoms with van der Waals surface area (Å²) >= 11 is 0. The predicted molar refractivity (Wildman–Crippen MR) is 52.2 cm³/mol. The molecule has 1 aliphatic heterocycles. The Morgan fingerprint density at radius 1 is 1.25 bits per heavy atom. The minimum Gasteiger partial charge on any atom is -0.300 e. The van der Waals surface area contributed by atoms with Crippen LogP contribution in [0.5, 0.6) is 0 Å². The van der Waals surface area contributed by atoms with Crippen molar-refractivity contribution in [2.24, 2.45) is 11.8 Å². The normalized spacial score (nSPS) is 38.5. The SMILES string of the molecule is CCC(C)N1CC2CCC(C2)C1. The second-order valence-electron chi connectivity index (χ2n) is 4.76. The van der Waals surface area contributed by atoms with Crippen LogP contribution in [-0.4, -0.2) is 24.0 Å². The van der Waals surface area contributed by atoms with Gasteiger partial charge in [0.1, 0.15) is 0 Å². The van der Waals surface area contributed by atoms with Gasteiger partial charge in [-0.3, -0.25) is 0 Å². The summed E-state index contributed by atoms with van der Waals surface area (Å²) < 4.78 is 0. The Bertz CT molecular complexity index is 143. The molecule has 1 saturated carbocycles. The molecule has 70 valence electrons. The molecule has 0 N–H and O–H groups in total. The highest BCUT2D eigenvalue weighted by Crippen LogP contribution is 2.37. The van der Waals surface area contributed by atoms with E-state index >= 15 is 0 Å². The van der Waals surface area contributed by atoms with Crippen molar-refractivity contribution < 1.29 is 0 Å². The Hall–Kier alpha value is -0.0400. The smallest absolute Gasteiger partial charge is 0.00645 e. The van der Waals surface area contributed by atoms with Gasteiger partial charge in [0, 0.05) is 19.1 Å². The molecule has 0 aromatic rings. The van der Waals surface area contributed by atoms with Gasteiger partial charge in [0.2, 0.25) is 0 Å². The highest BCUT2D eigenvalue weighted by atomic mass is 15.2. The molecule has 3 atom stereocenters. The number of rotatable bonds is 2. The van der Waals surface area contributed by atoms with Crippen LogP contribution in [-0.2, 0) is 0 Å². The van der Waals surface area contributed by atoms with Gasteiger partial charge in [-0.25, -0.2) is 0 Å². The number of hydrogen-bond acceptors (Lipinski definition) is 1.